The van der Waals surface area contributed by atoms with Crippen molar-refractivity contribution in [1.82, 2.24) is 5.32 Å². The van der Waals surface area contributed by atoms with Crippen molar-refractivity contribution in [2.75, 3.05) is 6.54 Å². The van der Waals surface area contributed by atoms with Crippen molar-refractivity contribution in [2.24, 2.45) is 5.73 Å². The molecule has 0 spiro atoms. The minimum absolute atomic E-state index is 0.105. The smallest absolute Gasteiger partial charge is 0.220 e. The van der Waals surface area contributed by atoms with Crippen molar-refractivity contribution in [3.63, 3.8) is 0 Å². The molecule has 19 heavy (non-hydrogen) atoms. The summed E-state index contributed by atoms with van der Waals surface area (Å²) in [6.45, 7) is 6.98. The molecule has 1 rings (SSSR count). The van der Waals surface area contributed by atoms with E-state index in [1.165, 1.54) is 11.1 Å². The number of hydrogen-bond acceptors (Lipinski definition) is 2. The lowest BCUT2D eigenvalue weighted by Gasteiger charge is -2.08. The molecule has 1 amide bonds. The molecule has 0 saturated carbocycles. The second-order valence-corrected chi connectivity index (χ2v) is 5.51. The molecular weight excluding hydrogens is 236 g/mol. The van der Waals surface area contributed by atoms with E-state index in [1.54, 1.807) is 0 Å². The molecule has 106 valence electrons. The number of nitrogens with two attached hydrogens (primary N) is 1. The van der Waals surface area contributed by atoms with Crippen molar-refractivity contribution < 1.29 is 4.79 Å². The van der Waals surface area contributed by atoms with Crippen LogP contribution in [0.15, 0.2) is 24.3 Å². The van der Waals surface area contributed by atoms with Gasteiger partial charge in [0.1, 0.15) is 0 Å². The summed E-state index contributed by atoms with van der Waals surface area (Å²) in [6.07, 6.45) is 2.16. The Morgan fingerprint density at radius 2 is 1.84 bits per heavy atom. The van der Waals surface area contributed by atoms with E-state index >= 15 is 0 Å². The van der Waals surface area contributed by atoms with Crippen LogP contribution < -0.4 is 11.1 Å². The second kappa shape index (κ2) is 7.95. The Bertz CT molecular complexity index is 382. The lowest BCUT2D eigenvalue weighted by molar-refractivity contribution is -0.121. The highest BCUT2D eigenvalue weighted by Gasteiger charge is 2.03. The van der Waals surface area contributed by atoms with Gasteiger partial charge in [0.25, 0.3) is 0 Å². The summed E-state index contributed by atoms with van der Waals surface area (Å²) in [5.74, 6) is 0.657. The van der Waals surface area contributed by atoms with Crippen LogP contribution in [0.4, 0.5) is 0 Å². The van der Waals surface area contributed by atoms with Crippen LogP contribution in [0, 0.1) is 0 Å². The van der Waals surface area contributed by atoms with E-state index < -0.39 is 0 Å². The number of amides is 1. The topological polar surface area (TPSA) is 55.1 Å². The number of benzene rings is 1. The van der Waals surface area contributed by atoms with E-state index in [0.29, 0.717) is 18.9 Å². The first kappa shape index (κ1) is 15.7. The van der Waals surface area contributed by atoms with Crippen LogP contribution in [-0.4, -0.2) is 18.5 Å². The predicted octanol–water partition coefficient (Wildman–Crippen LogP) is 2.60. The van der Waals surface area contributed by atoms with Crippen molar-refractivity contribution in [2.45, 2.75) is 52.0 Å². The van der Waals surface area contributed by atoms with Gasteiger partial charge < -0.3 is 11.1 Å². The van der Waals surface area contributed by atoms with Gasteiger partial charge in [0.15, 0.2) is 0 Å². The Morgan fingerprint density at radius 1 is 1.21 bits per heavy atom. The molecule has 1 unspecified atom stereocenters. The maximum atomic E-state index is 11.6. The van der Waals surface area contributed by atoms with E-state index in [-0.39, 0.29) is 11.9 Å². The number of carbonyl (C=O) groups excluding carboxylic acids is 1. The fourth-order valence-electron chi connectivity index (χ4n) is 1.85. The number of carbonyl (C=O) groups is 1. The molecule has 0 fully saturated rings. The molecule has 0 saturated heterocycles. The minimum atomic E-state index is 0.105. The molecule has 1 aromatic rings. The summed E-state index contributed by atoms with van der Waals surface area (Å²) in [5.41, 5.74) is 8.18. The summed E-state index contributed by atoms with van der Waals surface area (Å²) in [7, 11) is 0. The first-order valence-electron chi connectivity index (χ1n) is 7.10. The first-order chi connectivity index (χ1) is 8.99. The summed E-state index contributed by atoms with van der Waals surface area (Å²) in [5, 5.41) is 2.89. The number of rotatable bonds is 7. The lowest BCUT2D eigenvalue weighted by atomic mass is 10.0. The molecule has 3 N–H and O–H groups in total. The number of nitrogens with one attached hydrogen (secondary N) is 1. The van der Waals surface area contributed by atoms with Gasteiger partial charge in [-0.15, -0.1) is 0 Å². The van der Waals surface area contributed by atoms with Gasteiger partial charge in [-0.3, -0.25) is 4.79 Å². The zero-order valence-corrected chi connectivity index (χ0v) is 12.3. The zero-order valence-electron chi connectivity index (χ0n) is 12.3. The van der Waals surface area contributed by atoms with Gasteiger partial charge in [-0.2, -0.15) is 0 Å². The molecule has 0 aromatic heterocycles. The van der Waals surface area contributed by atoms with Gasteiger partial charge in [-0.05, 0) is 36.8 Å². The molecule has 0 aliphatic carbocycles. The fraction of sp³-hybridized carbons (Fsp3) is 0.562. The van der Waals surface area contributed by atoms with E-state index in [4.69, 9.17) is 5.73 Å². The van der Waals surface area contributed by atoms with Crippen LogP contribution in [0.3, 0.4) is 0 Å². The lowest BCUT2D eigenvalue weighted by Crippen LogP contribution is -2.29. The van der Waals surface area contributed by atoms with Gasteiger partial charge >= 0.3 is 0 Å². The summed E-state index contributed by atoms with van der Waals surface area (Å²) < 4.78 is 0. The summed E-state index contributed by atoms with van der Waals surface area (Å²) in [4.78, 5) is 11.6. The molecule has 1 aromatic carbocycles. The normalized spacial score (nSPS) is 12.5. The molecule has 0 bridgehead atoms. The van der Waals surface area contributed by atoms with Gasteiger partial charge in [-0.1, -0.05) is 38.1 Å². The monoisotopic (exact) mass is 262 g/mol. The Hall–Kier alpha value is -1.35. The highest BCUT2D eigenvalue weighted by molar-refractivity contribution is 5.76. The first-order valence-corrected chi connectivity index (χ1v) is 7.10. The van der Waals surface area contributed by atoms with Crippen molar-refractivity contribution >= 4 is 5.91 Å². The Kier molecular flexibility index (Phi) is 6.57. The fourth-order valence-corrected chi connectivity index (χ4v) is 1.85. The highest BCUT2D eigenvalue weighted by Crippen LogP contribution is 2.15. The van der Waals surface area contributed by atoms with E-state index in [1.807, 2.05) is 6.92 Å². The summed E-state index contributed by atoms with van der Waals surface area (Å²) >= 11 is 0. The third kappa shape index (κ3) is 6.39. The third-order valence-electron chi connectivity index (χ3n) is 3.21. The van der Waals surface area contributed by atoms with Crippen LogP contribution in [0.1, 0.15) is 50.7 Å². The van der Waals surface area contributed by atoms with Crippen molar-refractivity contribution in [1.29, 1.82) is 0 Å². The molecule has 3 nitrogen and oxygen atoms in total. The molecule has 1 atom stereocenters. The molecule has 0 aliphatic rings. The maximum Gasteiger partial charge on any atom is 0.220 e. The van der Waals surface area contributed by atoms with E-state index in [2.05, 4.69) is 43.4 Å². The summed E-state index contributed by atoms with van der Waals surface area (Å²) in [6, 6.07) is 8.67. The van der Waals surface area contributed by atoms with Crippen LogP contribution in [-0.2, 0) is 11.2 Å². The maximum absolute atomic E-state index is 11.6. The SMILES string of the molecule is CC(N)CCNC(=O)CCc1ccc(C(C)C)cc1. The number of hydrogen-bond donors (Lipinski definition) is 2. The van der Waals surface area contributed by atoms with Crippen LogP contribution in [0.25, 0.3) is 0 Å². The quantitative estimate of drug-likeness (QED) is 0.793. The molecular formula is C16H26N2O. The Morgan fingerprint density at radius 3 is 2.37 bits per heavy atom. The molecule has 3 heteroatoms. The number of aryl methyl sites for hydroxylation is 1. The van der Waals surface area contributed by atoms with Gasteiger partial charge in [0.05, 0.1) is 0 Å². The van der Waals surface area contributed by atoms with Crippen LogP contribution in [0.2, 0.25) is 0 Å². The Balaban J connectivity index is 2.30. The Labute approximate surface area is 116 Å². The third-order valence-corrected chi connectivity index (χ3v) is 3.21. The van der Waals surface area contributed by atoms with E-state index in [0.717, 1.165) is 12.8 Å². The van der Waals surface area contributed by atoms with Crippen molar-refractivity contribution in [3.8, 4) is 0 Å². The molecule has 0 aliphatic heterocycles. The van der Waals surface area contributed by atoms with E-state index in [9.17, 15) is 4.79 Å². The highest BCUT2D eigenvalue weighted by atomic mass is 16.1. The minimum Gasteiger partial charge on any atom is -0.356 e. The standard InChI is InChI=1S/C16H26N2O/c1-12(2)15-7-4-14(5-8-15)6-9-16(19)18-11-10-13(3)17/h4-5,7-8,12-13H,6,9-11,17H2,1-3H3,(H,18,19). The molecule has 0 radical (unpaired) electrons. The average molecular weight is 262 g/mol. The average Bonchev–Trinajstić information content (AvgIpc) is 2.36. The van der Waals surface area contributed by atoms with Gasteiger partial charge in [0, 0.05) is 19.0 Å². The largest absolute Gasteiger partial charge is 0.356 e. The predicted molar refractivity (Wildman–Crippen MR) is 80.1 cm³/mol. The second-order valence-electron chi connectivity index (χ2n) is 5.51. The van der Waals surface area contributed by atoms with Gasteiger partial charge in [0.2, 0.25) is 5.91 Å². The van der Waals surface area contributed by atoms with Crippen molar-refractivity contribution in [3.05, 3.63) is 35.4 Å². The van der Waals surface area contributed by atoms with Crippen LogP contribution >= 0.6 is 0 Å². The zero-order chi connectivity index (χ0) is 14.3. The molecule has 0 heterocycles. The van der Waals surface area contributed by atoms with Gasteiger partial charge in [-0.25, -0.2) is 0 Å². The van der Waals surface area contributed by atoms with Crippen LogP contribution in [0.5, 0.6) is 0 Å².